The van der Waals surface area contributed by atoms with E-state index in [1.165, 1.54) is 5.57 Å². The van der Waals surface area contributed by atoms with Crippen molar-refractivity contribution in [2.24, 2.45) is 0 Å². The van der Waals surface area contributed by atoms with E-state index in [9.17, 15) is 9.90 Å². The Hall–Kier alpha value is -0.123. The van der Waals surface area contributed by atoms with Gasteiger partial charge in [0.1, 0.15) is 0 Å². The molecule has 16 heavy (non-hydrogen) atoms. The van der Waals surface area contributed by atoms with Crippen molar-refractivity contribution in [3.8, 4) is 0 Å². The summed E-state index contributed by atoms with van der Waals surface area (Å²) in [5, 5.41) is 9.60. The van der Waals surface area contributed by atoms with E-state index in [0.717, 1.165) is 32.1 Å². The minimum Gasteiger partial charge on any atom is -0.432 e. The van der Waals surface area contributed by atoms with Crippen LogP contribution in [0.15, 0.2) is 11.6 Å². The topological polar surface area (TPSA) is 40.5 Å². The van der Waals surface area contributed by atoms with Gasteiger partial charge in [-0.05, 0) is 50.2 Å². The number of hydrogen-bond donors (Lipinski definition) is 2. The molecular formula is C13H26O2Si. The summed E-state index contributed by atoms with van der Waals surface area (Å²) in [6, 6.07) is 0. The Morgan fingerprint density at radius 3 is 2.56 bits per heavy atom. The minimum atomic E-state index is -2.08. The van der Waals surface area contributed by atoms with Gasteiger partial charge in [-0.1, -0.05) is 25.5 Å². The van der Waals surface area contributed by atoms with Crippen molar-refractivity contribution < 1.29 is 9.90 Å². The third kappa shape index (κ3) is 3.72. The van der Waals surface area contributed by atoms with Gasteiger partial charge in [0.2, 0.25) is 0 Å². The van der Waals surface area contributed by atoms with Gasteiger partial charge < -0.3 is 9.90 Å². The molecule has 0 saturated carbocycles. The third-order valence-corrected chi connectivity index (χ3v) is 7.72. The second-order valence-electron chi connectivity index (χ2n) is 6.23. The summed E-state index contributed by atoms with van der Waals surface area (Å²) in [6.45, 7) is 8.35. The fourth-order valence-electron chi connectivity index (χ4n) is 1.96. The molecule has 1 aliphatic rings. The van der Waals surface area contributed by atoms with E-state index in [1.54, 1.807) is 0 Å². The molecule has 0 heterocycles. The Bertz CT molecular complexity index is 264. The molecule has 0 amide bonds. The van der Waals surface area contributed by atoms with Gasteiger partial charge in [0.15, 0.2) is 8.32 Å². The maximum Gasteiger partial charge on any atom is 0.188 e. The first-order valence-electron chi connectivity index (χ1n) is 6.32. The van der Waals surface area contributed by atoms with Crippen molar-refractivity contribution in [3.05, 3.63) is 11.6 Å². The van der Waals surface area contributed by atoms with Crippen LogP contribution in [0.5, 0.6) is 0 Å². The zero-order valence-corrected chi connectivity index (χ0v) is 12.1. The highest BCUT2D eigenvalue weighted by molar-refractivity contribution is 6.72. The number of rotatable bonds is 4. The molecule has 0 fully saturated rings. The first-order valence-corrected chi connectivity index (χ1v) is 9.27. The molecule has 2 nitrogen and oxygen atoms in total. The van der Waals surface area contributed by atoms with Crippen molar-refractivity contribution >= 4 is 8.32 Å². The lowest BCUT2D eigenvalue weighted by atomic mass is 9.92. The van der Waals surface area contributed by atoms with Gasteiger partial charge in [-0.25, -0.2) is 0 Å². The van der Waals surface area contributed by atoms with Crippen LogP contribution in [0, 0.1) is 0 Å². The van der Waals surface area contributed by atoms with Crippen LogP contribution in [0.2, 0.25) is 18.1 Å². The minimum absolute atomic E-state index is 0.0518. The number of aliphatic hydroxyl groups excluding tert-OH is 1. The zero-order chi connectivity index (χ0) is 12.4. The van der Waals surface area contributed by atoms with Crippen molar-refractivity contribution in [2.75, 3.05) is 0 Å². The average molecular weight is 242 g/mol. The van der Waals surface area contributed by atoms with E-state index in [2.05, 4.69) is 13.8 Å². The number of aliphatic hydroxyl groups is 1. The van der Waals surface area contributed by atoms with Crippen LogP contribution >= 0.6 is 0 Å². The number of allylic oxidation sites excluding steroid dienone is 1. The smallest absolute Gasteiger partial charge is 0.188 e. The number of hydrogen-bond acceptors (Lipinski definition) is 2. The molecule has 0 aromatic heterocycles. The Kier molecular flexibility index (Phi) is 4.38. The first kappa shape index (κ1) is 13.9. The van der Waals surface area contributed by atoms with E-state index < -0.39 is 8.32 Å². The lowest BCUT2D eigenvalue weighted by molar-refractivity contribution is 0.201. The molecule has 0 saturated heterocycles. The van der Waals surface area contributed by atoms with Gasteiger partial charge in [0.25, 0.3) is 0 Å². The van der Waals surface area contributed by atoms with E-state index in [0.29, 0.717) is 0 Å². The van der Waals surface area contributed by atoms with Crippen LogP contribution < -0.4 is 0 Å². The van der Waals surface area contributed by atoms with Gasteiger partial charge in [0.05, 0.1) is 6.10 Å². The first-order chi connectivity index (χ1) is 7.22. The average Bonchev–Trinajstić information content (AvgIpc) is 2.13. The van der Waals surface area contributed by atoms with Crippen LogP contribution in [0.3, 0.4) is 0 Å². The van der Waals surface area contributed by atoms with Gasteiger partial charge in [-0.15, -0.1) is 0 Å². The lowest BCUT2D eigenvalue weighted by Gasteiger charge is -2.35. The summed E-state index contributed by atoms with van der Waals surface area (Å²) in [7, 11) is -2.08. The summed E-state index contributed by atoms with van der Waals surface area (Å²) in [5.74, 6) is 0. The Labute approximate surface area is 101 Å². The fourth-order valence-corrected chi connectivity index (χ4v) is 2.70. The quantitative estimate of drug-likeness (QED) is 0.587. The van der Waals surface area contributed by atoms with Crippen molar-refractivity contribution in [2.45, 2.75) is 70.2 Å². The molecule has 3 heteroatoms. The second-order valence-corrected chi connectivity index (χ2v) is 10.7. The van der Waals surface area contributed by atoms with E-state index in [4.69, 9.17) is 0 Å². The largest absolute Gasteiger partial charge is 0.432 e. The molecule has 1 atom stereocenters. The molecule has 2 N–H and O–H groups in total. The molecule has 1 aliphatic carbocycles. The molecule has 0 aromatic rings. The Morgan fingerprint density at radius 1 is 1.44 bits per heavy atom. The van der Waals surface area contributed by atoms with Crippen LogP contribution in [0.1, 0.15) is 46.0 Å². The van der Waals surface area contributed by atoms with Gasteiger partial charge in [-0.2, -0.15) is 0 Å². The molecule has 0 spiro atoms. The fraction of sp³-hybridized carbons (Fsp3) is 0.846. The monoisotopic (exact) mass is 242 g/mol. The maximum atomic E-state index is 10.2. The van der Waals surface area contributed by atoms with Crippen molar-refractivity contribution in [3.63, 3.8) is 0 Å². The highest BCUT2D eigenvalue weighted by Crippen LogP contribution is 2.41. The van der Waals surface area contributed by atoms with Crippen LogP contribution in [0.25, 0.3) is 0 Å². The summed E-state index contributed by atoms with van der Waals surface area (Å²) in [6.07, 6.45) is 6.99. The highest BCUT2D eigenvalue weighted by Gasteiger charge is 2.37. The predicted octanol–water partition coefficient (Wildman–Crippen LogP) is 3.22. The van der Waals surface area contributed by atoms with Crippen LogP contribution in [-0.4, -0.2) is 24.3 Å². The van der Waals surface area contributed by atoms with Crippen molar-refractivity contribution in [1.29, 1.82) is 0 Å². The molecular weight excluding hydrogens is 216 g/mol. The molecule has 94 valence electrons. The SMILES string of the molecule is CC(C)(CCC1=CC(O)CCC1)[Si](C)(C)O. The van der Waals surface area contributed by atoms with Crippen LogP contribution in [0.4, 0.5) is 0 Å². The third-order valence-electron chi connectivity index (χ3n) is 4.15. The molecule has 0 bridgehead atoms. The standard InChI is InChI=1S/C13H26O2Si/c1-13(2,16(3,4)15)9-8-11-6-5-7-12(14)10-11/h10,12,14-15H,5-9H2,1-4H3. The summed E-state index contributed by atoms with van der Waals surface area (Å²) >= 11 is 0. The molecule has 0 aliphatic heterocycles. The molecule has 0 aromatic carbocycles. The molecule has 0 radical (unpaired) electrons. The Balaban J connectivity index is 2.51. The highest BCUT2D eigenvalue weighted by atomic mass is 28.4. The van der Waals surface area contributed by atoms with E-state index in [-0.39, 0.29) is 11.1 Å². The molecule has 1 unspecified atom stereocenters. The van der Waals surface area contributed by atoms with Crippen molar-refractivity contribution in [1.82, 2.24) is 0 Å². The predicted molar refractivity (Wildman–Crippen MR) is 70.9 cm³/mol. The van der Waals surface area contributed by atoms with Gasteiger partial charge >= 0.3 is 0 Å². The van der Waals surface area contributed by atoms with Gasteiger partial charge in [-0.3, -0.25) is 0 Å². The maximum absolute atomic E-state index is 10.2. The second kappa shape index (κ2) is 5.03. The van der Waals surface area contributed by atoms with E-state index in [1.807, 2.05) is 19.2 Å². The normalized spacial score (nSPS) is 23.1. The van der Waals surface area contributed by atoms with E-state index >= 15 is 0 Å². The van der Waals surface area contributed by atoms with Crippen LogP contribution in [-0.2, 0) is 0 Å². The summed E-state index contributed by atoms with van der Waals surface area (Å²) in [5.41, 5.74) is 1.38. The lowest BCUT2D eigenvalue weighted by Crippen LogP contribution is -2.39. The summed E-state index contributed by atoms with van der Waals surface area (Å²) < 4.78 is 0. The van der Waals surface area contributed by atoms with Gasteiger partial charge in [0, 0.05) is 0 Å². The summed E-state index contributed by atoms with van der Waals surface area (Å²) in [4.78, 5) is 10.2. The zero-order valence-electron chi connectivity index (χ0n) is 11.1. The Morgan fingerprint density at radius 2 is 2.06 bits per heavy atom. The molecule has 1 rings (SSSR count).